The lowest BCUT2D eigenvalue weighted by atomic mass is 9.88. The van der Waals surface area contributed by atoms with Gasteiger partial charge in [0.15, 0.2) is 0 Å². The van der Waals surface area contributed by atoms with Gasteiger partial charge in [-0.25, -0.2) is 8.42 Å². The molecule has 3 nitrogen and oxygen atoms in total. The fourth-order valence-corrected chi connectivity index (χ4v) is 3.65. The molecule has 1 saturated carbocycles. The predicted molar refractivity (Wildman–Crippen MR) is 77.0 cm³/mol. The third-order valence-corrected chi connectivity index (χ3v) is 6.53. The Morgan fingerprint density at radius 2 is 1.56 bits per heavy atom. The first-order valence-corrected chi connectivity index (χ1v) is 8.33. The summed E-state index contributed by atoms with van der Waals surface area (Å²) < 4.78 is 26.5. The molecule has 0 aromatic carbocycles. The van der Waals surface area contributed by atoms with Crippen LogP contribution < -0.4 is 0 Å². The number of nitrogens with zero attached hydrogens (tertiary/aromatic N) is 1. The van der Waals surface area contributed by atoms with Gasteiger partial charge in [-0.2, -0.15) is 4.31 Å². The zero-order valence-corrected chi connectivity index (χ0v) is 13.8. The van der Waals surface area contributed by atoms with Crippen LogP contribution in [0.4, 0.5) is 0 Å². The fraction of sp³-hybridized carbons (Fsp3) is 1.00. The molecule has 18 heavy (non-hydrogen) atoms. The summed E-state index contributed by atoms with van der Waals surface area (Å²) in [6.07, 6.45) is 2.35. The molecule has 1 aliphatic rings. The highest BCUT2D eigenvalue weighted by Gasteiger charge is 2.43. The first-order chi connectivity index (χ1) is 7.87. The van der Waals surface area contributed by atoms with Crippen molar-refractivity contribution in [3.05, 3.63) is 0 Å². The Bertz CT molecular complexity index is 383. The summed E-state index contributed by atoms with van der Waals surface area (Å²) in [6.45, 7) is 14.4. The second kappa shape index (κ2) is 4.78. The number of hydrogen-bond acceptors (Lipinski definition) is 2. The molecule has 108 valence electrons. The zero-order valence-electron chi connectivity index (χ0n) is 12.9. The highest BCUT2D eigenvalue weighted by molar-refractivity contribution is 7.90. The number of sulfonamides is 1. The van der Waals surface area contributed by atoms with Crippen molar-refractivity contribution in [1.29, 1.82) is 0 Å². The van der Waals surface area contributed by atoms with Crippen LogP contribution in [0.3, 0.4) is 0 Å². The summed E-state index contributed by atoms with van der Waals surface area (Å²) in [7, 11) is -3.24. The Labute approximate surface area is 113 Å². The summed E-state index contributed by atoms with van der Waals surface area (Å²) in [6, 6.07) is 0.0299. The maximum atomic E-state index is 12.7. The topological polar surface area (TPSA) is 37.4 Å². The van der Waals surface area contributed by atoms with Crippen LogP contribution in [0.15, 0.2) is 0 Å². The van der Waals surface area contributed by atoms with Gasteiger partial charge in [0.2, 0.25) is 10.0 Å². The Kier molecular flexibility index (Phi) is 4.24. The van der Waals surface area contributed by atoms with Gasteiger partial charge >= 0.3 is 0 Å². The lowest BCUT2D eigenvalue weighted by Gasteiger charge is -2.40. The molecule has 0 unspecified atom stereocenters. The first-order valence-electron chi connectivity index (χ1n) is 6.89. The summed E-state index contributed by atoms with van der Waals surface area (Å²) in [5.41, 5.74) is -0.0345. The highest BCUT2D eigenvalue weighted by Crippen LogP contribution is 2.36. The van der Waals surface area contributed by atoms with E-state index in [2.05, 4.69) is 20.8 Å². The number of rotatable bonds is 4. The molecule has 0 aliphatic heterocycles. The quantitative estimate of drug-likeness (QED) is 0.789. The van der Waals surface area contributed by atoms with Crippen LogP contribution in [0.1, 0.15) is 61.3 Å². The van der Waals surface area contributed by atoms with E-state index in [4.69, 9.17) is 0 Å². The molecular weight excluding hydrogens is 246 g/mol. The molecule has 0 amide bonds. The van der Waals surface area contributed by atoms with E-state index < -0.39 is 14.8 Å². The van der Waals surface area contributed by atoms with E-state index in [0.29, 0.717) is 12.5 Å². The molecule has 0 heterocycles. The molecule has 0 radical (unpaired) electrons. The van der Waals surface area contributed by atoms with E-state index in [9.17, 15) is 8.42 Å². The van der Waals surface area contributed by atoms with E-state index >= 15 is 0 Å². The van der Waals surface area contributed by atoms with Gasteiger partial charge in [-0.3, -0.25) is 0 Å². The van der Waals surface area contributed by atoms with E-state index in [1.165, 1.54) is 12.8 Å². The van der Waals surface area contributed by atoms with Gasteiger partial charge in [0.05, 0.1) is 4.75 Å². The minimum Gasteiger partial charge on any atom is -0.212 e. The molecule has 0 bridgehead atoms. The summed E-state index contributed by atoms with van der Waals surface area (Å²) in [5, 5.41) is 0. The van der Waals surface area contributed by atoms with Gasteiger partial charge in [-0.1, -0.05) is 20.8 Å². The van der Waals surface area contributed by atoms with Gasteiger partial charge in [0, 0.05) is 12.6 Å². The van der Waals surface area contributed by atoms with Crippen molar-refractivity contribution in [2.24, 2.45) is 11.3 Å². The van der Waals surface area contributed by atoms with Gasteiger partial charge in [-0.05, 0) is 51.9 Å². The average Bonchev–Trinajstić information content (AvgIpc) is 2.92. The minimum absolute atomic E-state index is 0.0299. The summed E-state index contributed by atoms with van der Waals surface area (Å²) in [4.78, 5) is 0. The van der Waals surface area contributed by atoms with Gasteiger partial charge in [0.25, 0.3) is 0 Å². The van der Waals surface area contributed by atoms with Crippen molar-refractivity contribution in [3.63, 3.8) is 0 Å². The maximum Gasteiger partial charge on any atom is 0.219 e. The Morgan fingerprint density at radius 3 is 1.83 bits per heavy atom. The van der Waals surface area contributed by atoms with Crippen LogP contribution in [0.5, 0.6) is 0 Å². The van der Waals surface area contributed by atoms with E-state index in [1.54, 1.807) is 25.1 Å². The molecule has 0 aromatic heterocycles. The molecule has 0 N–H and O–H groups in total. The van der Waals surface area contributed by atoms with Crippen molar-refractivity contribution in [2.45, 2.75) is 72.1 Å². The van der Waals surface area contributed by atoms with Crippen molar-refractivity contribution in [1.82, 2.24) is 4.31 Å². The third-order valence-electron chi connectivity index (χ3n) is 3.90. The second-order valence-electron chi connectivity index (χ2n) is 7.67. The van der Waals surface area contributed by atoms with Crippen LogP contribution in [-0.2, 0) is 10.0 Å². The normalized spacial score (nSPS) is 20.2. The van der Waals surface area contributed by atoms with Crippen LogP contribution in [0, 0.1) is 11.3 Å². The molecule has 0 saturated heterocycles. The first kappa shape index (κ1) is 16.0. The van der Waals surface area contributed by atoms with Crippen molar-refractivity contribution in [2.75, 3.05) is 6.54 Å². The average molecular weight is 275 g/mol. The maximum absolute atomic E-state index is 12.7. The standard InChI is InChI=1S/C14H29NO2S/c1-11(13(2,3)4)15(10-12-8-9-12)18(16,17)14(5,6)7/h11-12H,8-10H2,1-7H3/t11-/m0/s1. The van der Waals surface area contributed by atoms with Crippen LogP contribution in [0.25, 0.3) is 0 Å². The molecule has 1 rings (SSSR count). The predicted octanol–water partition coefficient (Wildman–Crippen LogP) is 3.26. The van der Waals surface area contributed by atoms with Crippen molar-refractivity contribution in [3.8, 4) is 0 Å². The molecule has 0 aromatic rings. The Hall–Kier alpha value is -0.0900. The molecule has 4 heteroatoms. The smallest absolute Gasteiger partial charge is 0.212 e. The molecule has 1 atom stereocenters. The number of hydrogen-bond donors (Lipinski definition) is 0. The third kappa shape index (κ3) is 3.47. The molecular formula is C14H29NO2S. The lowest BCUT2D eigenvalue weighted by Crippen LogP contribution is -2.52. The minimum atomic E-state index is -3.24. The summed E-state index contributed by atoms with van der Waals surface area (Å²) in [5.74, 6) is 0.576. The largest absolute Gasteiger partial charge is 0.219 e. The second-order valence-corrected chi connectivity index (χ2v) is 10.3. The Morgan fingerprint density at radius 1 is 1.11 bits per heavy atom. The Balaban J connectivity index is 3.05. The molecule has 0 spiro atoms. The highest BCUT2D eigenvalue weighted by atomic mass is 32.2. The lowest BCUT2D eigenvalue weighted by molar-refractivity contribution is 0.184. The SMILES string of the molecule is C[C@H](N(CC1CC1)S(=O)(=O)C(C)(C)C)C(C)(C)C. The molecule has 1 aliphatic carbocycles. The van der Waals surface area contributed by atoms with E-state index in [1.807, 2.05) is 6.92 Å². The van der Waals surface area contributed by atoms with E-state index in [-0.39, 0.29) is 11.5 Å². The van der Waals surface area contributed by atoms with Gasteiger partial charge in [-0.15, -0.1) is 0 Å². The van der Waals surface area contributed by atoms with Crippen LogP contribution >= 0.6 is 0 Å². The van der Waals surface area contributed by atoms with Gasteiger partial charge < -0.3 is 0 Å². The fourth-order valence-electron chi connectivity index (χ4n) is 1.80. The van der Waals surface area contributed by atoms with Crippen LogP contribution in [0.2, 0.25) is 0 Å². The molecule has 1 fully saturated rings. The van der Waals surface area contributed by atoms with Crippen molar-refractivity contribution < 1.29 is 8.42 Å². The van der Waals surface area contributed by atoms with Crippen molar-refractivity contribution >= 4 is 10.0 Å². The van der Waals surface area contributed by atoms with Crippen LogP contribution in [-0.4, -0.2) is 30.1 Å². The van der Waals surface area contributed by atoms with E-state index in [0.717, 1.165) is 0 Å². The zero-order chi connectivity index (χ0) is 14.4. The monoisotopic (exact) mass is 275 g/mol. The summed E-state index contributed by atoms with van der Waals surface area (Å²) >= 11 is 0. The van der Waals surface area contributed by atoms with Gasteiger partial charge in [0.1, 0.15) is 0 Å².